The summed E-state index contributed by atoms with van der Waals surface area (Å²) in [6.07, 6.45) is 0. The first-order chi connectivity index (χ1) is 22.0. The molecule has 0 heterocycles. The van der Waals surface area contributed by atoms with Crippen LogP contribution in [-0.4, -0.2) is 33.2 Å². The summed E-state index contributed by atoms with van der Waals surface area (Å²) in [5.41, 5.74) is 4.34. The number of rotatable bonds is 9. The molecule has 0 saturated heterocycles. The van der Waals surface area contributed by atoms with E-state index in [-0.39, 0.29) is 86.8 Å². The molecule has 0 fully saturated rings. The summed E-state index contributed by atoms with van der Waals surface area (Å²) in [5.74, 6) is -3.60. The molecular weight excluding hydrogens is 664 g/mol. The minimum atomic E-state index is -1.33. The fraction of sp³-hybridized carbons (Fsp3) is 0.462. The number of hydrogen-bond acceptors (Lipinski definition) is 9. The molecule has 0 atom stereocenters. The quantitative estimate of drug-likeness (QED) is 0.239. The van der Waals surface area contributed by atoms with Crippen LogP contribution in [0.2, 0.25) is 0 Å². The van der Waals surface area contributed by atoms with Gasteiger partial charge in [-0.05, 0) is 87.1 Å². The third kappa shape index (κ3) is 12.1. The summed E-state index contributed by atoms with van der Waals surface area (Å²) < 4.78 is 0. The van der Waals surface area contributed by atoms with Crippen molar-refractivity contribution in [2.75, 3.05) is 0 Å². The number of carboxylic acid groups (broad SMARTS) is 3. The van der Waals surface area contributed by atoms with Gasteiger partial charge in [0.1, 0.15) is 17.2 Å². The maximum Gasteiger partial charge on any atom is 3.00 e. The van der Waals surface area contributed by atoms with Crippen molar-refractivity contribution in [3.8, 4) is 17.2 Å². The van der Waals surface area contributed by atoms with E-state index in [0.29, 0.717) is 16.7 Å². The predicted octanol–water partition coefficient (Wildman–Crippen LogP) is 6.01. The number of hydrogen-bond donors (Lipinski definition) is 3. The third-order valence-electron chi connectivity index (χ3n) is 8.01. The molecule has 0 aliphatic rings. The van der Waals surface area contributed by atoms with Crippen LogP contribution < -0.4 is 15.3 Å². The number of carbonyl (C=O) groups is 3. The predicted molar refractivity (Wildman–Crippen MR) is 182 cm³/mol. The molecule has 0 aliphatic heterocycles. The second-order valence-corrected chi connectivity index (χ2v) is 13.8. The maximum absolute atomic E-state index is 10.9. The zero-order valence-electron chi connectivity index (χ0n) is 30.6. The number of aromatic carboxylic acids is 3. The fourth-order valence-corrected chi connectivity index (χ4v) is 4.83. The Balaban J connectivity index is 0.000000698. The van der Waals surface area contributed by atoms with Crippen molar-refractivity contribution in [3.63, 3.8) is 0 Å². The van der Waals surface area contributed by atoms with Crippen LogP contribution in [0.1, 0.15) is 183 Å². The summed E-state index contributed by atoms with van der Waals surface area (Å²) in [5, 5.41) is 62.1. The van der Waals surface area contributed by atoms with Crippen LogP contribution in [0.3, 0.4) is 0 Å². The van der Waals surface area contributed by atoms with E-state index in [4.69, 9.17) is 0 Å². The number of benzene rings is 3. The molecule has 0 unspecified atom stereocenters. The van der Waals surface area contributed by atoms with Gasteiger partial charge in [0.15, 0.2) is 0 Å². The largest absolute Gasteiger partial charge is 3.00 e. The van der Waals surface area contributed by atoms with Gasteiger partial charge < -0.3 is 45.0 Å². The first-order valence-corrected chi connectivity index (χ1v) is 16.3. The molecule has 3 aromatic carbocycles. The Morgan fingerprint density at radius 2 is 0.592 bits per heavy atom. The third-order valence-corrected chi connectivity index (χ3v) is 8.01. The van der Waals surface area contributed by atoms with Crippen LogP contribution in [0.5, 0.6) is 17.2 Å². The molecule has 1 radical (unpaired) electrons. The Hall–Kier alpha value is -4.00. The topological polar surface area (TPSA) is 181 Å². The molecule has 49 heavy (non-hydrogen) atoms. The summed E-state index contributed by atoms with van der Waals surface area (Å²) in [7, 11) is 0. The van der Waals surface area contributed by atoms with Crippen molar-refractivity contribution in [2.45, 2.75) is 119 Å². The second kappa shape index (κ2) is 19.3. The Morgan fingerprint density at radius 1 is 0.408 bits per heavy atom. The molecule has 0 bridgehead atoms. The average Bonchev–Trinajstić information content (AvgIpc) is 2.96. The van der Waals surface area contributed by atoms with E-state index in [2.05, 4.69) is 0 Å². The van der Waals surface area contributed by atoms with E-state index >= 15 is 0 Å². The molecule has 3 rings (SSSR count). The molecule has 3 aromatic rings. The van der Waals surface area contributed by atoms with Crippen LogP contribution in [-0.2, 0) is 17.4 Å². The van der Waals surface area contributed by atoms with Crippen LogP contribution >= 0.6 is 0 Å². The fourth-order valence-electron chi connectivity index (χ4n) is 4.83. The zero-order valence-corrected chi connectivity index (χ0v) is 31.9. The van der Waals surface area contributed by atoms with E-state index in [1.165, 1.54) is 18.2 Å². The van der Waals surface area contributed by atoms with Gasteiger partial charge in [0.25, 0.3) is 0 Å². The van der Waals surface area contributed by atoms with Gasteiger partial charge in [0.05, 0.1) is 17.9 Å². The number of carbonyl (C=O) groups excluding carboxylic acids is 3. The van der Waals surface area contributed by atoms with Gasteiger partial charge in [-0.3, -0.25) is 0 Å². The molecule has 10 heteroatoms. The van der Waals surface area contributed by atoms with Gasteiger partial charge >= 0.3 is 17.4 Å². The normalized spacial score (nSPS) is 10.9. The molecular formula is C39H51CrO9. The van der Waals surface area contributed by atoms with Crippen molar-refractivity contribution in [1.29, 1.82) is 0 Å². The van der Waals surface area contributed by atoms with E-state index in [1.54, 1.807) is 0 Å². The second-order valence-electron chi connectivity index (χ2n) is 13.8. The molecule has 0 saturated carbocycles. The molecule has 3 N–H and O–H groups in total. The van der Waals surface area contributed by atoms with Crippen molar-refractivity contribution in [1.82, 2.24) is 0 Å². The van der Waals surface area contributed by atoms with Crippen LogP contribution in [0.4, 0.5) is 0 Å². The Morgan fingerprint density at radius 3 is 0.714 bits per heavy atom. The van der Waals surface area contributed by atoms with Crippen LogP contribution in [0, 0.1) is 0 Å². The Kier molecular flexibility index (Phi) is 17.7. The van der Waals surface area contributed by atoms with Crippen molar-refractivity contribution >= 4 is 17.9 Å². The van der Waals surface area contributed by atoms with E-state index in [1.807, 2.05) is 101 Å². The summed E-state index contributed by atoms with van der Waals surface area (Å²) in [6.45, 7) is 23.4. The smallest absolute Gasteiger partial charge is 0.545 e. The Bertz CT molecular complexity index is 1410. The maximum atomic E-state index is 10.9. The van der Waals surface area contributed by atoms with Crippen LogP contribution in [0.15, 0.2) is 36.4 Å². The number of aromatic hydroxyl groups is 3. The molecule has 9 nitrogen and oxygen atoms in total. The monoisotopic (exact) mass is 715 g/mol. The SMILES string of the molecule is CC(C)c1cc(C(=O)[O-])c(O)c(C(C)C)c1.CC(C)c1cc(C(=O)[O-])c(O)c(C(C)C)c1.CC(C)c1cc(C(=O)[O-])c(O)c(C(C)C)c1.[Cr+3]. The standard InChI is InChI=1S/3C13H18O3.Cr/c3*1-7(2)9-5-10(8(3)4)12(14)11(6-9)13(15)16;/h3*5-8,14H,1-4H3,(H,15,16);/q;;;+3/p-3. The minimum Gasteiger partial charge on any atom is -0.545 e. The van der Waals surface area contributed by atoms with E-state index in [9.17, 15) is 45.0 Å². The Labute approximate surface area is 301 Å². The minimum absolute atomic E-state index is 0. The van der Waals surface area contributed by atoms with Gasteiger partial charge in [-0.2, -0.15) is 0 Å². The molecule has 0 aromatic heterocycles. The van der Waals surface area contributed by atoms with Gasteiger partial charge in [-0.15, -0.1) is 0 Å². The average molecular weight is 716 g/mol. The first-order valence-electron chi connectivity index (χ1n) is 16.3. The molecule has 0 aliphatic carbocycles. The molecule has 0 amide bonds. The summed E-state index contributed by atoms with van der Waals surface area (Å²) >= 11 is 0. The van der Waals surface area contributed by atoms with E-state index in [0.717, 1.165) is 16.7 Å². The van der Waals surface area contributed by atoms with E-state index < -0.39 is 17.9 Å². The van der Waals surface area contributed by atoms with Crippen molar-refractivity contribution < 1.29 is 62.4 Å². The zero-order chi connectivity index (χ0) is 37.4. The molecule has 267 valence electrons. The number of carboxylic acids is 3. The van der Waals surface area contributed by atoms with Crippen LogP contribution in [0.25, 0.3) is 0 Å². The number of phenols is 3. The van der Waals surface area contributed by atoms with Gasteiger partial charge in [-0.1, -0.05) is 101 Å². The van der Waals surface area contributed by atoms with Crippen molar-refractivity contribution in [3.05, 3.63) is 86.5 Å². The summed E-state index contributed by atoms with van der Waals surface area (Å²) in [4.78, 5) is 32.7. The molecule has 0 spiro atoms. The van der Waals surface area contributed by atoms with Gasteiger partial charge in [0.2, 0.25) is 0 Å². The van der Waals surface area contributed by atoms with Crippen molar-refractivity contribution in [2.24, 2.45) is 0 Å². The van der Waals surface area contributed by atoms with Gasteiger partial charge in [-0.25, -0.2) is 0 Å². The van der Waals surface area contributed by atoms with Gasteiger partial charge in [0, 0.05) is 16.7 Å². The first kappa shape index (κ1) is 45.0. The summed E-state index contributed by atoms with van der Waals surface area (Å²) in [6, 6.07) is 10.0.